The lowest BCUT2D eigenvalue weighted by Gasteiger charge is -2.11. The monoisotopic (exact) mass is 461 g/mol. The second-order valence-electron chi connectivity index (χ2n) is 6.40. The highest BCUT2D eigenvalue weighted by Gasteiger charge is 2.16. The molecule has 152 valence electrons. The molecule has 2 amide bonds. The topological polar surface area (TPSA) is 98.2 Å². The third kappa shape index (κ3) is 5.71. The van der Waals surface area contributed by atoms with Gasteiger partial charge in [-0.3, -0.25) is 9.59 Å². The summed E-state index contributed by atoms with van der Waals surface area (Å²) in [4.78, 5) is 24.0. The van der Waals surface area contributed by atoms with Crippen LogP contribution in [0.4, 0.5) is 0 Å². The Balaban J connectivity index is 1.47. The third-order valence-electron chi connectivity index (χ3n) is 3.77. The first-order valence-corrected chi connectivity index (χ1v) is 9.67. The molecule has 0 saturated heterocycles. The summed E-state index contributed by atoms with van der Waals surface area (Å²) in [6.45, 7) is 3.81. The van der Waals surface area contributed by atoms with Gasteiger partial charge in [0.25, 0.3) is 11.8 Å². The Morgan fingerprint density at radius 2 is 2.00 bits per heavy atom. The minimum absolute atomic E-state index is 0.0676. The van der Waals surface area contributed by atoms with E-state index in [1.54, 1.807) is 18.2 Å². The number of ether oxygens (including phenoxy) is 3. The van der Waals surface area contributed by atoms with Crippen LogP contribution in [0, 0.1) is 0 Å². The van der Waals surface area contributed by atoms with Gasteiger partial charge in [-0.15, -0.1) is 0 Å². The minimum Gasteiger partial charge on any atom is -0.490 e. The van der Waals surface area contributed by atoms with Crippen molar-refractivity contribution in [2.75, 3.05) is 13.3 Å². The Kier molecular flexibility index (Phi) is 6.71. The van der Waals surface area contributed by atoms with Crippen molar-refractivity contribution in [1.29, 1.82) is 0 Å². The average molecular weight is 462 g/mol. The van der Waals surface area contributed by atoms with Crippen LogP contribution in [-0.4, -0.2) is 37.5 Å². The van der Waals surface area contributed by atoms with E-state index in [1.807, 2.05) is 32.0 Å². The maximum absolute atomic E-state index is 12.1. The lowest BCUT2D eigenvalue weighted by molar-refractivity contribution is -0.120. The van der Waals surface area contributed by atoms with Crippen LogP contribution in [0.2, 0.25) is 0 Å². The van der Waals surface area contributed by atoms with Crippen molar-refractivity contribution >= 4 is 34.0 Å². The number of amides is 2. The molecule has 0 aromatic heterocycles. The van der Waals surface area contributed by atoms with Crippen LogP contribution >= 0.6 is 15.9 Å². The highest BCUT2D eigenvalue weighted by molar-refractivity contribution is 9.10. The summed E-state index contributed by atoms with van der Waals surface area (Å²) in [5, 5.41) is 6.43. The predicted molar refractivity (Wildman–Crippen MR) is 111 cm³/mol. The SMILES string of the molecule is CC(C)Oc1ccc(/C=N/NC(=O)CNC(=O)c2ccc3c(c2)OCO3)cc1Br. The number of halogens is 1. The van der Waals surface area contributed by atoms with Gasteiger partial charge < -0.3 is 19.5 Å². The molecule has 0 bridgehead atoms. The smallest absolute Gasteiger partial charge is 0.259 e. The molecule has 9 heteroatoms. The molecule has 0 aliphatic carbocycles. The van der Waals surface area contributed by atoms with E-state index >= 15 is 0 Å². The number of carbonyl (C=O) groups excluding carboxylic acids is 2. The Morgan fingerprint density at radius 3 is 2.76 bits per heavy atom. The van der Waals surface area contributed by atoms with E-state index in [0.29, 0.717) is 17.1 Å². The van der Waals surface area contributed by atoms with Gasteiger partial charge in [0.1, 0.15) is 5.75 Å². The molecule has 0 saturated carbocycles. The zero-order valence-corrected chi connectivity index (χ0v) is 17.5. The maximum Gasteiger partial charge on any atom is 0.259 e. The van der Waals surface area contributed by atoms with Crippen molar-refractivity contribution in [3.05, 3.63) is 52.0 Å². The highest BCUT2D eigenvalue weighted by Crippen LogP contribution is 2.32. The second-order valence-corrected chi connectivity index (χ2v) is 7.25. The van der Waals surface area contributed by atoms with Gasteiger partial charge in [0.2, 0.25) is 6.79 Å². The molecule has 0 radical (unpaired) electrons. The molecule has 1 heterocycles. The zero-order chi connectivity index (χ0) is 20.8. The fraction of sp³-hybridized carbons (Fsp3) is 0.250. The van der Waals surface area contributed by atoms with Crippen molar-refractivity contribution in [2.45, 2.75) is 20.0 Å². The van der Waals surface area contributed by atoms with Crippen LogP contribution in [0.25, 0.3) is 0 Å². The first-order chi connectivity index (χ1) is 13.9. The number of benzene rings is 2. The maximum atomic E-state index is 12.1. The molecular weight excluding hydrogens is 442 g/mol. The summed E-state index contributed by atoms with van der Waals surface area (Å²) < 4.78 is 16.9. The van der Waals surface area contributed by atoms with Crippen LogP contribution in [-0.2, 0) is 4.79 Å². The molecule has 1 aliphatic heterocycles. The van der Waals surface area contributed by atoms with Gasteiger partial charge in [-0.25, -0.2) is 5.43 Å². The van der Waals surface area contributed by atoms with E-state index in [-0.39, 0.29) is 19.4 Å². The molecule has 2 aromatic carbocycles. The summed E-state index contributed by atoms with van der Waals surface area (Å²) >= 11 is 3.44. The number of rotatable bonds is 7. The zero-order valence-electron chi connectivity index (χ0n) is 15.9. The number of carbonyl (C=O) groups is 2. The predicted octanol–water partition coefficient (Wildman–Crippen LogP) is 2.85. The van der Waals surface area contributed by atoms with Gasteiger partial charge in [-0.05, 0) is 71.7 Å². The fourth-order valence-electron chi connectivity index (χ4n) is 2.47. The summed E-state index contributed by atoms with van der Waals surface area (Å²) in [5.41, 5.74) is 3.52. The molecule has 0 spiro atoms. The standard InChI is InChI=1S/C20H20BrN3O5/c1-12(2)29-16-5-3-13(7-15(16)21)9-23-24-19(25)10-22-20(26)14-4-6-17-18(8-14)28-11-27-17/h3-9,12H,10-11H2,1-2H3,(H,22,26)(H,24,25)/b23-9+. The van der Waals surface area contributed by atoms with E-state index in [4.69, 9.17) is 14.2 Å². The molecule has 2 aromatic rings. The van der Waals surface area contributed by atoms with Crippen LogP contribution in [0.3, 0.4) is 0 Å². The summed E-state index contributed by atoms with van der Waals surface area (Å²) in [7, 11) is 0. The quantitative estimate of drug-likeness (QED) is 0.487. The van der Waals surface area contributed by atoms with Crippen molar-refractivity contribution < 1.29 is 23.8 Å². The minimum atomic E-state index is -0.450. The molecule has 3 rings (SSSR count). The molecule has 2 N–H and O–H groups in total. The molecular formula is C20H20BrN3O5. The largest absolute Gasteiger partial charge is 0.490 e. The number of hydrogen-bond acceptors (Lipinski definition) is 6. The molecule has 0 fully saturated rings. The van der Waals surface area contributed by atoms with E-state index < -0.39 is 11.8 Å². The number of hydrogen-bond donors (Lipinski definition) is 2. The molecule has 0 atom stereocenters. The van der Waals surface area contributed by atoms with Gasteiger partial charge in [-0.2, -0.15) is 5.10 Å². The normalized spacial score (nSPS) is 12.3. The van der Waals surface area contributed by atoms with Crippen LogP contribution in [0.1, 0.15) is 29.8 Å². The van der Waals surface area contributed by atoms with Crippen molar-refractivity contribution in [2.24, 2.45) is 5.10 Å². The lowest BCUT2D eigenvalue weighted by Crippen LogP contribution is -2.34. The van der Waals surface area contributed by atoms with Gasteiger partial charge in [0, 0.05) is 5.56 Å². The van der Waals surface area contributed by atoms with E-state index in [2.05, 4.69) is 31.8 Å². The van der Waals surface area contributed by atoms with Gasteiger partial charge in [0.05, 0.1) is 23.3 Å². The van der Waals surface area contributed by atoms with E-state index in [9.17, 15) is 9.59 Å². The van der Waals surface area contributed by atoms with Gasteiger partial charge in [0.15, 0.2) is 11.5 Å². The van der Waals surface area contributed by atoms with Gasteiger partial charge in [-0.1, -0.05) is 0 Å². The van der Waals surface area contributed by atoms with Crippen LogP contribution in [0.15, 0.2) is 46.0 Å². The average Bonchev–Trinajstić information content (AvgIpc) is 3.15. The van der Waals surface area contributed by atoms with Crippen molar-refractivity contribution in [3.8, 4) is 17.2 Å². The lowest BCUT2D eigenvalue weighted by atomic mass is 10.2. The number of fused-ring (bicyclic) bond motifs is 1. The third-order valence-corrected chi connectivity index (χ3v) is 4.39. The molecule has 8 nitrogen and oxygen atoms in total. The van der Waals surface area contributed by atoms with Crippen LogP contribution < -0.4 is 25.0 Å². The Hall–Kier alpha value is -3.07. The van der Waals surface area contributed by atoms with Crippen molar-refractivity contribution in [3.63, 3.8) is 0 Å². The number of nitrogens with one attached hydrogen (secondary N) is 2. The highest BCUT2D eigenvalue weighted by atomic mass is 79.9. The summed E-state index contributed by atoms with van der Waals surface area (Å²) in [5.74, 6) is 0.973. The van der Waals surface area contributed by atoms with Crippen molar-refractivity contribution in [1.82, 2.24) is 10.7 Å². The fourth-order valence-corrected chi connectivity index (χ4v) is 2.96. The van der Waals surface area contributed by atoms with E-state index in [1.165, 1.54) is 6.21 Å². The number of nitrogens with zero attached hydrogens (tertiary/aromatic N) is 1. The second kappa shape index (κ2) is 9.42. The number of hydrazone groups is 1. The first-order valence-electron chi connectivity index (χ1n) is 8.88. The molecule has 1 aliphatic rings. The van der Waals surface area contributed by atoms with E-state index in [0.717, 1.165) is 15.8 Å². The van der Waals surface area contributed by atoms with Crippen LogP contribution in [0.5, 0.6) is 17.2 Å². The Bertz CT molecular complexity index is 946. The first kappa shape index (κ1) is 20.7. The molecule has 0 unspecified atom stereocenters. The summed E-state index contributed by atoms with van der Waals surface area (Å²) in [6.07, 6.45) is 1.57. The summed E-state index contributed by atoms with van der Waals surface area (Å²) in [6, 6.07) is 10.3. The van der Waals surface area contributed by atoms with Gasteiger partial charge >= 0.3 is 0 Å². The molecule has 29 heavy (non-hydrogen) atoms. The Morgan fingerprint density at radius 1 is 1.21 bits per heavy atom. The Labute approximate surface area is 176 Å².